The molecule has 0 bridgehead atoms. The van der Waals surface area contributed by atoms with Gasteiger partial charge in [-0.15, -0.1) is 0 Å². The van der Waals surface area contributed by atoms with Crippen LogP contribution in [0.3, 0.4) is 0 Å². The van der Waals surface area contributed by atoms with Crippen LogP contribution in [0.1, 0.15) is 28.8 Å². The van der Waals surface area contributed by atoms with E-state index in [2.05, 4.69) is 22.3 Å². The first-order valence-corrected chi connectivity index (χ1v) is 12.5. The molecule has 1 fully saturated rings. The second-order valence-electron chi connectivity index (χ2n) is 8.04. The number of amides is 2. The summed E-state index contributed by atoms with van der Waals surface area (Å²) in [7, 11) is 1.66. The van der Waals surface area contributed by atoms with Gasteiger partial charge in [0.15, 0.2) is 0 Å². The third-order valence-corrected chi connectivity index (χ3v) is 6.38. The number of carbonyl (C=O) groups excluding carboxylic acids is 2. The standard InChI is InChI=1S/C25H33N3O3S/c1-19-6-4-7-20(18-19)24(29)26-23(12-17-32-3)25(30)28-14-5-13-27(15-16-28)21-8-10-22(31-2)11-9-21/h4,6-11,18,23H,5,12-17H2,1-3H3,(H,26,29). The Hall–Kier alpha value is -2.67. The van der Waals surface area contributed by atoms with Crippen LogP contribution >= 0.6 is 11.8 Å². The van der Waals surface area contributed by atoms with Gasteiger partial charge >= 0.3 is 0 Å². The molecule has 3 rings (SSSR count). The first-order valence-electron chi connectivity index (χ1n) is 11.1. The third kappa shape index (κ3) is 6.42. The van der Waals surface area contributed by atoms with Crippen molar-refractivity contribution < 1.29 is 14.3 Å². The van der Waals surface area contributed by atoms with Gasteiger partial charge in [0.05, 0.1) is 7.11 Å². The molecular weight excluding hydrogens is 422 g/mol. The molecule has 1 N–H and O–H groups in total. The molecule has 6 nitrogen and oxygen atoms in total. The van der Waals surface area contributed by atoms with Crippen LogP contribution < -0.4 is 15.0 Å². The highest BCUT2D eigenvalue weighted by atomic mass is 32.2. The fourth-order valence-corrected chi connectivity index (χ4v) is 4.40. The molecule has 1 heterocycles. The number of anilines is 1. The summed E-state index contributed by atoms with van der Waals surface area (Å²) in [4.78, 5) is 30.4. The quantitative estimate of drug-likeness (QED) is 0.659. The number of aryl methyl sites for hydroxylation is 1. The van der Waals surface area contributed by atoms with E-state index in [1.807, 2.05) is 48.4 Å². The minimum atomic E-state index is -0.511. The van der Waals surface area contributed by atoms with Crippen LogP contribution in [0.5, 0.6) is 5.75 Å². The van der Waals surface area contributed by atoms with Crippen molar-refractivity contribution in [3.8, 4) is 5.75 Å². The molecule has 1 aliphatic heterocycles. The maximum atomic E-state index is 13.4. The van der Waals surface area contributed by atoms with Crippen LogP contribution in [-0.4, -0.2) is 68.1 Å². The summed E-state index contributed by atoms with van der Waals surface area (Å²) in [5.74, 6) is 1.47. The Morgan fingerprint density at radius 2 is 1.88 bits per heavy atom. The van der Waals surface area contributed by atoms with Crippen LogP contribution in [0.25, 0.3) is 0 Å². The number of benzene rings is 2. The molecule has 0 radical (unpaired) electrons. The van der Waals surface area contributed by atoms with Gasteiger partial charge in [-0.05, 0) is 68.2 Å². The molecule has 7 heteroatoms. The normalized spacial score (nSPS) is 15.1. The van der Waals surface area contributed by atoms with Gasteiger partial charge in [0, 0.05) is 37.4 Å². The number of hydrogen-bond acceptors (Lipinski definition) is 5. The first-order chi connectivity index (χ1) is 15.5. The zero-order valence-electron chi connectivity index (χ0n) is 19.2. The zero-order chi connectivity index (χ0) is 22.9. The van der Waals surface area contributed by atoms with Crippen LogP contribution in [0.4, 0.5) is 5.69 Å². The fraction of sp³-hybridized carbons (Fsp3) is 0.440. The Balaban J connectivity index is 1.65. The maximum absolute atomic E-state index is 13.4. The number of thioether (sulfide) groups is 1. The Bertz CT molecular complexity index is 904. The highest BCUT2D eigenvalue weighted by molar-refractivity contribution is 7.98. The van der Waals surface area contributed by atoms with Gasteiger partial charge in [-0.25, -0.2) is 0 Å². The Kier molecular flexibility index (Phi) is 8.85. The van der Waals surface area contributed by atoms with Crippen LogP contribution in [0.2, 0.25) is 0 Å². The molecule has 172 valence electrons. The molecule has 1 unspecified atom stereocenters. The number of hydrogen-bond donors (Lipinski definition) is 1. The van der Waals surface area contributed by atoms with Gasteiger partial charge in [-0.3, -0.25) is 9.59 Å². The lowest BCUT2D eigenvalue weighted by Gasteiger charge is -2.27. The number of ether oxygens (including phenoxy) is 1. The molecule has 0 aliphatic carbocycles. The van der Waals surface area contributed by atoms with E-state index in [4.69, 9.17) is 4.74 Å². The number of methoxy groups -OCH3 is 1. The van der Waals surface area contributed by atoms with Crippen molar-refractivity contribution in [3.63, 3.8) is 0 Å². The van der Waals surface area contributed by atoms with Crippen LogP contribution in [0, 0.1) is 6.92 Å². The van der Waals surface area contributed by atoms with Gasteiger partial charge in [0.1, 0.15) is 11.8 Å². The van der Waals surface area contributed by atoms with Crippen molar-refractivity contribution >= 4 is 29.3 Å². The predicted molar refractivity (Wildman–Crippen MR) is 132 cm³/mol. The Labute approximate surface area is 195 Å². The summed E-state index contributed by atoms with van der Waals surface area (Å²) in [6.07, 6.45) is 3.53. The van der Waals surface area contributed by atoms with E-state index in [1.165, 1.54) is 0 Å². The molecule has 2 aromatic carbocycles. The lowest BCUT2D eigenvalue weighted by molar-refractivity contribution is -0.133. The molecule has 0 spiro atoms. The lowest BCUT2D eigenvalue weighted by Crippen LogP contribution is -2.49. The van der Waals surface area contributed by atoms with Gasteiger partial charge in [-0.1, -0.05) is 17.7 Å². The van der Waals surface area contributed by atoms with E-state index < -0.39 is 6.04 Å². The second-order valence-corrected chi connectivity index (χ2v) is 9.03. The molecule has 0 saturated carbocycles. The molecule has 2 amide bonds. The zero-order valence-corrected chi connectivity index (χ0v) is 20.0. The smallest absolute Gasteiger partial charge is 0.251 e. The molecular formula is C25H33N3O3S. The second kappa shape index (κ2) is 11.8. The topological polar surface area (TPSA) is 61.9 Å². The van der Waals surface area contributed by atoms with Crippen molar-refractivity contribution in [2.24, 2.45) is 0 Å². The number of nitrogens with zero attached hydrogens (tertiary/aromatic N) is 2. The lowest BCUT2D eigenvalue weighted by atomic mass is 10.1. The van der Waals surface area contributed by atoms with Gasteiger partial charge in [0.2, 0.25) is 5.91 Å². The van der Waals surface area contributed by atoms with Crippen molar-refractivity contribution in [1.29, 1.82) is 0 Å². The van der Waals surface area contributed by atoms with E-state index >= 15 is 0 Å². The largest absolute Gasteiger partial charge is 0.497 e. The average Bonchev–Trinajstić information content (AvgIpc) is 3.07. The van der Waals surface area contributed by atoms with Gasteiger partial charge in [-0.2, -0.15) is 11.8 Å². The molecule has 1 atom stereocenters. The van der Waals surface area contributed by atoms with E-state index in [0.29, 0.717) is 25.1 Å². The van der Waals surface area contributed by atoms with Crippen molar-refractivity contribution in [2.75, 3.05) is 50.2 Å². The highest BCUT2D eigenvalue weighted by Gasteiger charge is 2.27. The first kappa shape index (κ1) is 24.0. The molecule has 2 aromatic rings. The van der Waals surface area contributed by atoms with E-state index in [-0.39, 0.29) is 11.8 Å². The van der Waals surface area contributed by atoms with E-state index in [1.54, 1.807) is 24.9 Å². The minimum Gasteiger partial charge on any atom is -0.497 e. The van der Waals surface area contributed by atoms with Gasteiger partial charge in [0.25, 0.3) is 5.91 Å². The SMILES string of the molecule is COc1ccc(N2CCCN(C(=O)C(CCSC)NC(=O)c3cccc(C)c3)CC2)cc1. The van der Waals surface area contributed by atoms with Crippen molar-refractivity contribution in [2.45, 2.75) is 25.8 Å². The van der Waals surface area contributed by atoms with Crippen molar-refractivity contribution in [3.05, 3.63) is 59.7 Å². The summed E-state index contributed by atoms with van der Waals surface area (Å²) < 4.78 is 5.25. The summed E-state index contributed by atoms with van der Waals surface area (Å²) in [5, 5.41) is 3.00. The number of nitrogens with one attached hydrogen (secondary N) is 1. The maximum Gasteiger partial charge on any atom is 0.251 e. The Morgan fingerprint density at radius 3 is 2.56 bits per heavy atom. The molecule has 32 heavy (non-hydrogen) atoms. The van der Waals surface area contributed by atoms with Crippen LogP contribution in [-0.2, 0) is 4.79 Å². The number of carbonyl (C=O) groups is 2. The van der Waals surface area contributed by atoms with Crippen LogP contribution in [0.15, 0.2) is 48.5 Å². The monoisotopic (exact) mass is 455 g/mol. The molecule has 0 aromatic heterocycles. The predicted octanol–water partition coefficient (Wildman–Crippen LogP) is 3.59. The summed E-state index contributed by atoms with van der Waals surface area (Å²) in [5.41, 5.74) is 2.75. The highest BCUT2D eigenvalue weighted by Crippen LogP contribution is 2.21. The summed E-state index contributed by atoms with van der Waals surface area (Å²) in [6.45, 7) is 4.95. The Morgan fingerprint density at radius 1 is 1.09 bits per heavy atom. The fourth-order valence-electron chi connectivity index (χ4n) is 3.93. The average molecular weight is 456 g/mol. The molecule has 1 aliphatic rings. The number of rotatable bonds is 8. The minimum absolute atomic E-state index is 0.0108. The van der Waals surface area contributed by atoms with E-state index in [0.717, 1.165) is 42.3 Å². The van der Waals surface area contributed by atoms with E-state index in [9.17, 15) is 9.59 Å². The molecule has 1 saturated heterocycles. The van der Waals surface area contributed by atoms with Crippen molar-refractivity contribution in [1.82, 2.24) is 10.2 Å². The summed E-state index contributed by atoms with van der Waals surface area (Å²) >= 11 is 1.68. The third-order valence-electron chi connectivity index (χ3n) is 5.74. The summed E-state index contributed by atoms with van der Waals surface area (Å²) in [6, 6.07) is 15.0. The van der Waals surface area contributed by atoms with Gasteiger partial charge < -0.3 is 19.9 Å².